The van der Waals surface area contributed by atoms with Gasteiger partial charge < -0.3 is 14.6 Å². The molecule has 142 valence electrons. The normalized spacial score (nSPS) is 17.7. The molecule has 9 heteroatoms. The first-order chi connectivity index (χ1) is 12.6. The number of aromatic nitrogens is 4. The number of hydrogen-bond acceptors (Lipinski definition) is 7. The molecule has 26 heavy (non-hydrogen) atoms. The van der Waals surface area contributed by atoms with Crippen LogP contribution in [0.3, 0.4) is 0 Å². The lowest BCUT2D eigenvalue weighted by atomic mass is 10.1. The van der Waals surface area contributed by atoms with Crippen LogP contribution >= 0.6 is 0 Å². The summed E-state index contributed by atoms with van der Waals surface area (Å²) in [6.07, 6.45) is 3.94. The van der Waals surface area contributed by atoms with Crippen LogP contribution in [0.1, 0.15) is 40.3 Å². The molecule has 1 aliphatic rings. The van der Waals surface area contributed by atoms with Crippen molar-refractivity contribution in [3.8, 4) is 0 Å². The van der Waals surface area contributed by atoms with Gasteiger partial charge in [0.15, 0.2) is 5.69 Å². The number of methoxy groups -OCH3 is 1. The third-order valence-corrected chi connectivity index (χ3v) is 4.80. The minimum Gasteiger partial charge on any atom is -0.383 e. The molecule has 2 aromatic rings. The number of nitrogens with zero attached hydrogens (tertiary/aromatic N) is 5. The molecule has 1 amide bonds. The SMILES string of the molecule is COCCNC(=O)c1cn(C[C@@H]2CCCN2Cc2c(C)noc2C)nn1. The Hall–Kier alpha value is -2.26. The third-order valence-electron chi connectivity index (χ3n) is 4.80. The quantitative estimate of drug-likeness (QED) is 0.697. The molecule has 1 saturated heterocycles. The number of aryl methyl sites for hydroxylation is 2. The second-order valence-corrected chi connectivity index (χ2v) is 6.64. The number of carbonyl (C=O) groups excluding carboxylic acids is 1. The van der Waals surface area contributed by atoms with E-state index < -0.39 is 0 Å². The summed E-state index contributed by atoms with van der Waals surface area (Å²) in [5.74, 6) is 0.649. The molecule has 0 radical (unpaired) electrons. The lowest BCUT2D eigenvalue weighted by molar-refractivity contribution is 0.0932. The number of hydrogen-bond donors (Lipinski definition) is 1. The van der Waals surface area contributed by atoms with Crippen LogP contribution in [0.5, 0.6) is 0 Å². The van der Waals surface area contributed by atoms with Gasteiger partial charge in [0.25, 0.3) is 5.91 Å². The molecule has 0 unspecified atom stereocenters. The van der Waals surface area contributed by atoms with Gasteiger partial charge in [-0.05, 0) is 33.2 Å². The van der Waals surface area contributed by atoms with Crippen LogP contribution in [0.2, 0.25) is 0 Å². The molecule has 1 N–H and O–H groups in total. The molecule has 0 saturated carbocycles. The van der Waals surface area contributed by atoms with E-state index in [4.69, 9.17) is 9.26 Å². The third kappa shape index (κ3) is 4.28. The summed E-state index contributed by atoms with van der Waals surface area (Å²) in [4.78, 5) is 14.4. The molecule has 1 fully saturated rings. The second kappa shape index (κ2) is 8.41. The standard InChI is InChI=1S/C17H26N6O3/c1-12-15(13(2)26-20-12)10-22-7-4-5-14(22)9-23-11-16(19-21-23)17(24)18-6-8-25-3/h11,14H,4-10H2,1-3H3,(H,18,24)/t14-/m0/s1. The van der Waals surface area contributed by atoms with Crippen LogP contribution < -0.4 is 5.32 Å². The summed E-state index contributed by atoms with van der Waals surface area (Å²) >= 11 is 0. The van der Waals surface area contributed by atoms with E-state index in [9.17, 15) is 4.79 Å². The summed E-state index contributed by atoms with van der Waals surface area (Å²) in [6.45, 7) is 7.42. The van der Waals surface area contributed by atoms with Crippen molar-refractivity contribution in [3.05, 3.63) is 28.9 Å². The Labute approximate surface area is 152 Å². The summed E-state index contributed by atoms with van der Waals surface area (Å²) < 4.78 is 11.9. The summed E-state index contributed by atoms with van der Waals surface area (Å²) in [5.41, 5.74) is 2.44. The van der Waals surface area contributed by atoms with Crippen LogP contribution in [0.25, 0.3) is 0 Å². The second-order valence-electron chi connectivity index (χ2n) is 6.64. The zero-order chi connectivity index (χ0) is 18.5. The van der Waals surface area contributed by atoms with Gasteiger partial charge in [0.1, 0.15) is 5.76 Å². The predicted molar refractivity (Wildman–Crippen MR) is 93.6 cm³/mol. The Morgan fingerprint density at radius 2 is 2.31 bits per heavy atom. The van der Waals surface area contributed by atoms with Gasteiger partial charge in [-0.1, -0.05) is 10.4 Å². The summed E-state index contributed by atoms with van der Waals surface area (Å²) in [7, 11) is 1.60. The predicted octanol–water partition coefficient (Wildman–Crippen LogP) is 0.924. The average Bonchev–Trinajstić information content (AvgIpc) is 3.33. The summed E-state index contributed by atoms with van der Waals surface area (Å²) in [5, 5.41) is 14.9. The smallest absolute Gasteiger partial charge is 0.273 e. The van der Waals surface area contributed by atoms with E-state index >= 15 is 0 Å². The maximum absolute atomic E-state index is 12.0. The van der Waals surface area contributed by atoms with Gasteiger partial charge in [-0.25, -0.2) is 0 Å². The number of carbonyl (C=O) groups is 1. The van der Waals surface area contributed by atoms with Gasteiger partial charge in [-0.2, -0.15) is 0 Å². The van der Waals surface area contributed by atoms with Gasteiger partial charge in [0.05, 0.1) is 25.0 Å². The van der Waals surface area contributed by atoms with E-state index in [0.29, 0.717) is 31.4 Å². The molecule has 0 spiro atoms. The van der Waals surface area contributed by atoms with Gasteiger partial charge >= 0.3 is 0 Å². The van der Waals surface area contributed by atoms with Gasteiger partial charge in [0.2, 0.25) is 0 Å². The first-order valence-corrected chi connectivity index (χ1v) is 8.91. The molecule has 3 rings (SSSR count). The van der Waals surface area contributed by atoms with Crippen LogP contribution in [0.15, 0.2) is 10.7 Å². The van der Waals surface area contributed by atoms with Crippen LogP contribution in [0, 0.1) is 13.8 Å². The van der Waals surface area contributed by atoms with E-state index in [-0.39, 0.29) is 5.91 Å². The highest BCUT2D eigenvalue weighted by atomic mass is 16.5. The van der Waals surface area contributed by atoms with Gasteiger partial charge in [-0.3, -0.25) is 14.4 Å². The zero-order valence-electron chi connectivity index (χ0n) is 15.6. The van der Waals surface area contributed by atoms with Crippen LogP contribution in [0.4, 0.5) is 0 Å². The first-order valence-electron chi connectivity index (χ1n) is 8.91. The molecule has 0 aromatic carbocycles. The monoisotopic (exact) mass is 362 g/mol. The lowest BCUT2D eigenvalue weighted by Gasteiger charge is -2.24. The largest absolute Gasteiger partial charge is 0.383 e. The highest BCUT2D eigenvalue weighted by molar-refractivity contribution is 5.91. The highest BCUT2D eigenvalue weighted by Gasteiger charge is 2.27. The van der Waals surface area contributed by atoms with Crippen molar-refractivity contribution in [3.63, 3.8) is 0 Å². The number of rotatable bonds is 8. The molecule has 0 bridgehead atoms. The van der Waals surface area contributed by atoms with E-state index in [1.165, 1.54) is 0 Å². The van der Waals surface area contributed by atoms with E-state index in [1.807, 2.05) is 13.8 Å². The maximum atomic E-state index is 12.0. The fraction of sp³-hybridized carbons (Fsp3) is 0.647. The van der Waals surface area contributed by atoms with Gasteiger partial charge in [0, 0.05) is 31.8 Å². The molecular formula is C17H26N6O3. The van der Waals surface area contributed by atoms with Crippen molar-refractivity contribution in [2.24, 2.45) is 0 Å². The lowest BCUT2D eigenvalue weighted by Crippen LogP contribution is -2.33. The molecule has 3 heterocycles. The minimum atomic E-state index is -0.229. The van der Waals surface area contributed by atoms with Crippen molar-refractivity contribution in [1.29, 1.82) is 0 Å². The Morgan fingerprint density at radius 1 is 1.46 bits per heavy atom. The number of likely N-dealkylation sites (tertiary alicyclic amines) is 1. The molecule has 9 nitrogen and oxygen atoms in total. The molecule has 1 aliphatic heterocycles. The minimum absolute atomic E-state index is 0.229. The Kier molecular flexibility index (Phi) is 6.00. The van der Waals surface area contributed by atoms with E-state index in [2.05, 4.69) is 25.7 Å². The topological polar surface area (TPSA) is 98.3 Å². The average molecular weight is 362 g/mol. The fourth-order valence-corrected chi connectivity index (χ4v) is 3.31. The molecule has 0 aliphatic carbocycles. The molecule has 1 atom stereocenters. The number of amides is 1. The van der Waals surface area contributed by atoms with E-state index in [1.54, 1.807) is 18.0 Å². The highest BCUT2D eigenvalue weighted by Crippen LogP contribution is 2.24. The zero-order valence-corrected chi connectivity index (χ0v) is 15.6. The molecule has 2 aromatic heterocycles. The van der Waals surface area contributed by atoms with Crippen molar-refractivity contribution < 1.29 is 14.1 Å². The van der Waals surface area contributed by atoms with Crippen molar-refractivity contribution in [2.45, 2.75) is 45.8 Å². The van der Waals surface area contributed by atoms with Crippen molar-refractivity contribution in [2.75, 3.05) is 26.8 Å². The van der Waals surface area contributed by atoms with Crippen molar-refractivity contribution >= 4 is 5.91 Å². The number of ether oxygens (including phenoxy) is 1. The Balaban J connectivity index is 1.59. The van der Waals surface area contributed by atoms with Gasteiger partial charge in [-0.15, -0.1) is 5.10 Å². The van der Waals surface area contributed by atoms with Crippen LogP contribution in [-0.4, -0.2) is 63.8 Å². The van der Waals surface area contributed by atoms with Crippen molar-refractivity contribution in [1.82, 2.24) is 30.4 Å². The maximum Gasteiger partial charge on any atom is 0.273 e. The molecular weight excluding hydrogens is 336 g/mol. The van der Waals surface area contributed by atoms with E-state index in [0.717, 1.165) is 42.9 Å². The first kappa shape index (κ1) is 18.5. The summed E-state index contributed by atoms with van der Waals surface area (Å²) in [6, 6.07) is 0.356. The Bertz CT molecular complexity index is 721. The number of nitrogens with one attached hydrogen (secondary N) is 1. The fourth-order valence-electron chi connectivity index (χ4n) is 3.31. The Morgan fingerprint density at radius 3 is 3.04 bits per heavy atom. The van der Waals surface area contributed by atoms with Crippen LogP contribution in [-0.2, 0) is 17.8 Å².